The van der Waals surface area contributed by atoms with E-state index in [1.54, 1.807) is 11.0 Å². The van der Waals surface area contributed by atoms with Crippen LogP contribution in [0.4, 0.5) is 4.79 Å². The van der Waals surface area contributed by atoms with Crippen LogP contribution in [0.15, 0.2) is 47.9 Å². The monoisotopic (exact) mass is 431 g/mol. The first-order chi connectivity index (χ1) is 15.6. The third-order valence-corrected chi connectivity index (χ3v) is 5.82. The number of aromatic amines is 1. The summed E-state index contributed by atoms with van der Waals surface area (Å²) >= 11 is 0. The van der Waals surface area contributed by atoms with Gasteiger partial charge in [-0.2, -0.15) is 5.26 Å². The number of benzene rings is 2. The van der Waals surface area contributed by atoms with Crippen LogP contribution < -0.4 is 15.2 Å². The second-order valence-electron chi connectivity index (χ2n) is 7.66. The van der Waals surface area contributed by atoms with Crippen LogP contribution in [-0.4, -0.2) is 47.5 Å². The van der Waals surface area contributed by atoms with Crippen molar-refractivity contribution in [1.82, 2.24) is 15.1 Å². The van der Waals surface area contributed by atoms with E-state index >= 15 is 0 Å². The van der Waals surface area contributed by atoms with E-state index in [1.807, 2.05) is 37.3 Å². The van der Waals surface area contributed by atoms with E-state index in [9.17, 15) is 10.1 Å². The molecule has 0 aliphatic carbocycles. The molecule has 1 aromatic heterocycles. The molecule has 0 unspecified atom stereocenters. The summed E-state index contributed by atoms with van der Waals surface area (Å²) in [4.78, 5) is 14.5. The van der Waals surface area contributed by atoms with Crippen molar-refractivity contribution in [2.45, 2.75) is 12.8 Å². The van der Waals surface area contributed by atoms with Crippen molar-refractivity contribution in [3.8, 4) is 17.7 Å². The van der Waals surface area contributed by atoms with Crippen LogP contribution in [0.5, 0.6) is 11.6 Å². The molecule has 0 bridgehead atoms. The Morgan fingerprint density at radius 3 is 2.81 bits per heavy atom. The van der Waals surface area contributed by atoms with E-state index in [4.69, 9.17) is 19.9 Å². The smallest absolute Gasteiger partial charge is 0.415 e. The van der Waals surface area contributed by atoms with Gasteiger partial charge in [0.15, 0.2) is 0 Å². The van der Waals surface area contributed by atoms with Crippen LogP contribution in [0.1, 0.15) is 22.7 Å². The van der Waals surface area contributed by atoms with Crippen molar-refractivity contribution >= 4 is 16.9 Å². The molecule has 3 N–H and O–H groups in total. The Kier molecular flexibility index (Phi) is 4.92. The standard InChI is InChI=1S/C23H21N5O4/c1-13-18-20(16(12-24)21(25)32-22(18)27-26-13)19-15-5-3-2-4-14(15)6-7-17(19)31-23(29)28-8-10-30-11-9-28/h2-7,20H,8-11,25H2,1H3,(H,26,27)/t20-/m1/s1. The first-order valence-corrected chi connectivity index (χ1v) is 10.3. The number of H-pyrrole nitrogens is 1. The number of ether oxygens (including phenoxy) is 3. The molecule has 9 nitrogen and oxygen atoms in total. The van der Waals surface area contributed by atoms with Gasteiger partial charge in [0.1, 0.15) is 17.4 Å². The molecule has 1 fully saturated rings. The molecule has 162 valence electrons. The van der Waals surface area contributed by atoms with E-state index in [2.05, 4.69) is 16.3 Å². The lowest BCUT2D eigenvalue weighted by molar-refractivity contribution is 0.0415. The van der Waals surface area contributed by atoms with Crippen molar-refractivity contribution in [3.63, 3.8) is 0 Å². The molecule has 0 saturated carbocycles. The van der Waals surface area contributed by atoms with Crippen molar-refractivity contribution in [1.29, 1.82) is 5.26 Å². The number of nitrogens with zero attached hydrogens (tertiary/aromatic N) is 3. The second kappa shape index (κ2) is 7.90. The molecule has 5 rings (SSSR count). The zero-order valence-electron chi connectivity index (χ0n) is 17.4. The minimum atomic E-state index is -0.610. The molecule has 2 aromatic carbocycles. The first kappa shape index (κ1) is 19.9. The second-order valence-corrected chi connectivity index (χ2v) is 7.66. The van der Waals surface area contributed by atoms with E-state index < -0.39 is 12.0 Å². The number of nitrogens with two attached hydrogens (primary N) is 1. The van der Waals surface area contributed by atoms with Gasteiger partial charge in [0.25, 0.3) is 0 Å². The van der Waals surface area contributed by atoms with Gasteiger partial charge in [0.05, 0.1) is 19.1 Å². The zero-order chi connectivity index (χ0) is 22.2. The van der Waals surface area contributed by atoms with Crippen LogP contribution in [0.3, 0.4) is 0 Å². The maximum atomic E-state index is 12.9. The maximum absolute atomic E-state index is 12.9. The molecule has 1 atom stereocenters. The van der Waals surface area contributed by atoms with Gasteiger partial charge in [0.2, 0.25) is 11.8 Å². The molecule has 1 amide bonds. The number of rotatable bonds is 2. The number of aryl methyl sites for hydroxylation is 1. The molecule has 0 radical (unpaired) electrons. The van der Waals surface area contributed by atoms with Crippen LogP contribution >= 0.6 is 0 Å². The Hall–Kier alpha value is -4.03. The number of hydrogen-bond donors (Lipinski definition) is 2. The lowest BCUT2D eigenvalue weighted by Gasteiger charge is -2.28. The summed E-state index contributed by atoms with van der Waals surface area (Å²) in [6.45, 7) is 3.70. The lowest BCUT2D eigenvalue weighted by atomic mass is 9.81. The normalized spacial score (nSPS) is 18.1. The highest BCUT2D eigenvalue weighted by molar-refractivity contribution is 5.90. The summed E-state index contributed by atoms with van der Waals surface area (Å²) in [5.41, 5.74) is 8.44. The summed E-state index contributed by atoms with van der Waals surface area (Å²) in [5, 5.41) is 18.9. The molecule has 1 saturated heterocycles. The summed E-state index contributed by atoms with van der Waals surface area (Å²) in [6, 6.07) is 13.6. The molecule has 9 heteroatoms. The van der Waals surface area contributed by atoms with Gasteiger partial charge in [-0.3, -0.25) is 5.10 Å². The fourth-order valence-electron chi connectivity index (χ4n) is 4.25. The number of hydrogen-bond acceptors (Lipinski definition) is 7. The first-order valence-electron chi connectivity index (χ1n) is 10.3. The van der Waals surface area contributed by atoms with Crippen LogP contribution in [0.2, 0.25) is 0 Å². The maximum Gasteiger partial charge on any atom is 0.415 e. The van der Waals surface area contributed by atoms with E-state index in [0.29, 0.717) is 49.1 Å². The molecule has 2 aliphatic rings. The molecule has 2 aliphatic heterocycles. The summed E-state index contributed by atoms with van der Waals surface area (Å²) < 4.78 is 16.8. The lowest BCUT2D eigenvalue weighted by Crippen LogP contribution is -2.42. The third kappa shape index (κ3) is 3.21. The van der Waals surface area contributed by atoms with E-state index in [1.165, 1.54) is 0 Å². The Morgan fingerprint density at radius 1 is 1.25 bits per heavy atom. The fourth-order valence-corrected chi connectivity index (χ4v) is 4.25. The number of aromatic nitrogens is 2. The van der Waals surface area contributed by atoms with Crippen molar-refractivity contribution in [2.75, 3.05) is 26.3 Å². The number of nitriles is 1. The number of carbonyl (C=O) groups excluding carboxylic acids is 1. The molecular weight excluding hydrogens is 410 g/mol. The van der Waals surface area contributed by atoms with Gasteiger partial charge >= 0.3 is 6.09 Å². The quantitative estimate of drug-likeness (QED) is 0.639. The number of nitrogens with one attached hydrogen (secondary N) is 1. The van der Waals surface area contributed by atoms with Crippen molar-refractivity contribution < 1.29 is 19.0 Å². The highest BCUT2D eigenvalue weighted by Crippen LogP contribution is 2.47. The van der Waals surface area contributed by atoms with Gasteiger partial charge in [-0.25, -0.2) is 4.79 Å². The highest BCUT2D eigenvalue weighted by atomic mass is 16.6. The van der Waals surface area contributed by atoms with Gasteiger partial charge in [-0.15, -0.1) is 5.10 Å². The summed E-state index contributed by atoms with van der Waals surface area (Å²) in [5.74, 6) is 0.0394. The largest absolute Gasteiger partial charge is 0.420 e. The van der Waals surface area contributed by atoms with Crippen LogP contribution in [0, 0.1) is 18.3 Å². The Labute approximate surface area is 184 Å². The minimum absolute atomic E-state index is 0.0186. The van der Waals surface area contributed by atoms with Crippen LogP contribution in [0.25, 0.3) is 10.8 Å². The number of carbonyl (C=O) groups is 1. The van der Waals surface area contributed by atoms with Gasteiger partial charge in [0, 0.05) is 29.9 Å². The van der Waals surface area contributed by atoms with Gasteiger partial charge < -0.3 is 24.8 Å². The average molecular weight is 431 g/mol. The predicted molar refractivity (Wildman–Crippen MR) is 115 cm³/mol. The highest BCUT2D eigenvalue weighted by Gasteiger charge is 2.37. The van der Waals surface area contributed by atoms with Crippen LogP contribution in [-0.2, 0) is 4.74 Å². The number of morpholine rings is 1. The topological polar surface area (TPSA) is 126 Å². The fraction of sp³-hybridized carbons (Fsp3) is 0.261. The molecule has 0 spiro atoms. The predicted octanol–water partition coefficient (Wildman–Crippen LogP) is 2.92. The van der Waals surface area contributed by atoms with Gasteiger partial charge in [-0.1, -0.05) is 30.3 Å². The van der Waals surface area contributed by atoms with E-state index in [0.717, 1.165) is 16.5 Å². The molecule has 3 heterocycles. The Morgan fingerprint density at radius 2 is 2.03 bits per heavy atom. The SMILES string of the molecule is Cc1[nH]nc2c1[C@H](c1c(OC(=O)N3CCOCC3)ccc3ccccc13)C(C#N)=C(N)O2. The molecular formula is C23H21N5O4. The number of amides is 1. The Bertz CT molecular complexity index is 1280. The van der Waals surface area contributed by atoms with Crippen molar-refractivity contribution in [3.05, 3.63) is 64.7 Å². The van der Waals surface area contributed by atoms with Gasteiger partial charge in [-0.05, 0) is 23.8 Å². The molecule has 3 aromatic rings. The summed E-state index contributed by atoms with van der Waals surface area (Å²) in [7, 11) is 0. The Balaban J connectivity index is 1.70. The number of allylic oxidation sites excluding steroid dienone is 1. The number of fused-ring (bicyclic) bond motifs is 2. The minimum Gasteiger partial charge on any atom is -0.420 e. The molecule has 32 heavy (non-hydrogen) atoms. The summed E-state index contributed by atoms with van der Waals surface area (Å²) in [6.07, 6.45) is -0.462. The zero-order valence-corrected chi connectivity index (χ0v) is 17.4. The third-order valence-electron chi connectivity index (χ3n) is 5.82. The van der Waals surface area contributed by atoms with E-state index in [-0.39, 0.29) is 11.5 Å². The van der Waals surface area contributed by atoms with Crippen molar-refractivity contribution in [2.24, 2.45) is 5.73 Å². The average Bonchev–Trinajstić information content (AvgIpc) is 3.18.